The van der Waals surface area contributed by atoms with E-state index in [9.17, 15) is 0 Å². The Kier molecular flexibility index (Phi) is 2.42. The zero-order valence-corrected chi connectivity index (χ0v) is 7.26. The van der Waals surface area contributed by atoms with Crippen LogP contribution in [0, 0.1) is 13.8 Å². The summed E-state index contributed by atoms with van der Waals surface area (Å²) in [7, 11) is 0. The van der Waals surface area contributed by atoms with E-state index in [1.54, 1.807) is 0 Å². The van der Waals surface area contributed by atoms with Gasteiger partial charge in [0, 0.05) is 6.21 Å². The lowest BCUT2D eigenvalue weighted by Gasteiger charge is -2.01. The molecule has 0 N–H and O–H groups in total. The summed E-state index contributed by atoms with van der Waals surface area (Å²) in [6, 6.07) is 6.16. The van der Waals surface area contributed by atoms with Gasteiger partial charge in [-0.1, -0.05) is 12.1 Å². The van der Waals surface area contributed by atoms with Crippen LogP contribution in [0.25, 0.3) is 0 Å². The molecule has 0 saturated carbocycles. The molecule has 0 aliphatic heterocycles. The molecule has 0 heterocycles. The molecule has 0 bridgehead atoms. The third-order valence-electron chi connectivity index (χ3n) is 1.84. The van der Waals surface area contributed by atoms with Gasteiger partial charge in [-0.3, -0.25) is 4.99 Å². The fourth-order valence-corrected chi connectivity index (χ4v) is 1.01. The van der Waals surface area contributed by atoms with Gasteiger partial charge < -0.3 is 0 Å². The Morgan fingerprint density at radius 1 is 1.27 bits per heavy atom. The summed E-state index contributed by atoms with van der Waals surface area (Å²) in [6.45, 7) is 6.13. The van der Waals surface area contributed by atoms with E-state index < -0.39 is 0 Å². The molecule has 1 heteroatoms. The monoisotopic (exact) mass is 147 g/mol. The molecule has 0 aromatic heterocycles. The maximum absolute atomic E-state index is 4.24. The number of rotatable bonds is 1. The first-order chi connectivity index (χ1) is 5.25. The molecule has 0 unspecified atom stereocenters. The summed E-state index contributed by atoms with van der Waals surface area (Å²) < 4.78 is 0. The van der Waals surface area contributed by atoms with Crippen LogP contribution in [0.3, 0.4) is 0 Å². The lowest BCUT2D eigenvalue weighted by molar-refractivity contribution is 1.31. The van der Waals surface area contributed by atoms with Crippen LogP contribution in [0.15, 0.2) is 23.2 Å². The van der Waals surface area contributed by atoms with Crippen LogP contribution >= 0.6 is 0 Å². The van der Waals surface area contributed by atoms with E-state index >= 15 is 0 Å². The predicted molar refractivity (Wildman–Crippen MR) is 49.7 cm³/mol. The Morgan fingerprint density at radius 2 is 2.00 bits per heavy atom. The minimum atomic E-state index is 1.08. The lowest BCUT2D eigenvalue weighted by atomic mass is 10.1. The molecule has 1 aromatic rings. The quantitative estimate of drug-likeness (QED) is 0.541. The average molecular weight is 147 g/mol. The highest BCUT2D eigenvalue weighted by atomic mass is 14.7. The number of hydrogen-bond acceptors (Lipinski definition) is 1. The molecule has 58 valence electrons. The largest absolute Gasteiger partial charge is 0.261 e. The molecule has 0 aliphatic rings. The maximum atomic E-state index is 4.24. The van der Waals surface area contributed by atoms with Gasteiger partial charge in [0.1, 0.15) is 0 Å². The van der Waals surface area contributed by atoms with Crippen LogP contribution in [0.2, 0.25) is 0 Å². The van der Waals surface area contributed by atoms with E-state index in [0.29, 0.717) is 0 Å². The smallest absolute Gasteiger partial charge is 0.0657 e. The van der Waals surface area contributed by atoms with E-state index in [2.05, 4.69) is 24.9 Å². The highest BCUT2D eigenvalue weighted by Crippen LogP contribution is 2.20. The van der Waals surface area contributed by atoms with Crippen molar-refractivity contribution in [2.45, 2.75) is 20.8 Å². The summed E-state index contributed by atoms with van der Waals surface area (Å²) >= 11 is 0. The molecule has 1 aromatic carbocycles. The molecule has 0 atom stereocenters. The standard InChI is InChI=1S/C10H13N/c1-4-11-10-7-5-6-8(2)9(10)3/h4-7H,1-3H3. The van der Waals surface area contributed by atoms with Gasteiger partial charge in [-0.2, -0.15) is 0 Å². The van der Waals surface area contributed by atoms with Crippen molar-refractivity contribution >= 4 is 11.9 Å². The first-order valence-electron chi connectivity index (χ1n) is 3.80. The Balaban J connectivity index is 3.16. The Labute approximate surface area is 67.8 Å². The van der Waals surface area contributed by atoms with Crippen LogP contribution < -0.4 is 0 Å². The second-order valence-electron chi connectivity index (χ2n) is 2.61. The van der Waals surface area contributed by atoms with Crippen LogP contribution in [0.5, 0.6) is 0 Å². The van der Waals surface area contributed by atoms with Crippen molar-refractivity contribution in [3.63, 3.8) is 0 Å². The van der Waals surface area contributed by atoms with Gasteiger partial charge in [0.25, 0.3) is 0 Å². The van der Waals surface area contributed by atoms with Crippen molar-refractivity contribution in [2.24, 2.45) is 4.99 Å². The summed E-state index contributed by atoms with van der Waals surface area (Å²) in [5, 5.41) is 0. The van der Waals surface area contributed by atoms with E-state index in [1.807, 2.05) is 25.3 Å². The van der Waals surface area contributed by atoms with Gasteiger partial charge in [-0.15, -0.1) is 0 Å². The van der Waals surface area contributed by atoms with Crippen LogP contribution in [0.1, 0.15) is 18.1 Å². The third kappa shape index (κ3) is 1.67. The van der Waals surface area contributed by atoms with Crippen molar-refractivity contribution < 1.29 is 0 Å². The second-order valence-corrected chi connectivity index (χ2v) is 2.61. The zero-order chi connectivity index (χ0) is 8.27. The molecule has 0 spiro atoms. The molecule has 0 amide bonds. The number of benzene rings is 1. The fraction of sp³-hybridized carbons (Fsp3) is 0.300. The molecule has 0 fully saturated rings. The van der Waals surface area contributed by atoms with E-state index in [-0.39, 0.29) is 0 Å². The van der Waals surface area contributed by atoms with Crippen molar-refractivity contribution in [1.29, 1.82) is 0 Å². The van der Waals surface area contributed by atoms with Crippen LogP contribution in [-0.2, 0) is 0 Å². The van der Waals surface area contributed by atoms with Crippen molar-refractivity contribution in [1.82, 2.24) is 0 Å². The lowest BCUT2D eigenvalue weighted by Crippen LogP contribution is -1.79. The SMILES string of the molecule is CC=Nc1cccc(C)c1C. The summed E-state index contributed by atoms with van der Waals surface area (Å²) in [4.78, 5) is 4.24. The van der Waals surface area contributed by atoms with Gasteiger partial charge in [0.15, 0.2) is 0 Å². The molecule has 0 radical (unpaired) electrons. The number of aryl methyl sites for hydroxylation is 1. The van der Waals surface area contributed by atoms with E-state index in [1.165, 1.54) is 11.1 Å². The molecular weight excluding hydrogens is 134 g/mol. The van der Waals surface area contributed by atoms with E-state index in [0.717, 1.165) is 5.69 Å². The van der Waals surface area contributed by atoms with Crippen LogP contribution in [0.4, 0.5) is 5.69 Å². The van der Waals surface area contributed by atoms with Crippen molar-refractivity contribution in [3.8, 4) is 0 Å². The highest BCUT2D eigenvalue weighted by Gasteiger charge is 1.95. The van der Waals surface area contributed by atoms with Crippen LogP contribution in [-0.4, -0.2) is 6.21 Å². The molecule has 1 nitrogen and oxygen atoms in total. The predicted octanol–water partition coefficient (Wildman–Crippen LogP) is 3.03. The minimum Gasteiger partial charge on any atom is -0.261 e. The number of nitrogens with zero attached hydrogens (tertiary/aromatic N) is 1. The first-order valence-corrected chi connectivity index (χ1v) is 3.80. The van der Waals surface area contributed by atoms with Gasteiger partial charge in [0.2, 0.25) is 0 Å². The first kappa shape index (κ1) is 7.99. The van der Waals surface area contributed by atoms with Gasteiger partial charge in [0.05, 0.1) is 5.69 Å². The van der Waals surface area contributed by atoms with Gasteiger partial charge >= 0.3 is 0 Å². The Morgan fingerprint density at radius 3 is 2.64 bits per heavy atom. The molecule has 0 aliphatic carbocycles. The normalized spacial score (nSPS) is 10.8. The summed E-state index contributed by atoms with van der Waals surface area (Å²) in [5.41, 5.74) is 3.64. The number of aliphatic imine (C=N–C) groups is 1. The molecule has 1 rings (SSSR count). The minimum absolute atomic E-state index is 1.08. The second kappa shape index (κ2) is 3.33. The highest BCUT2D eigenvalue weighted by molar-refractivity contribution is 5.63. The summed E-state index contributed by atoms with van der Waals surface area (Å²) in [5.74, 6) is 0. The Hall–Kier alpha value is -1.11. The maximum Gasteiger partial charge on any atom is 0.0657 e. The zero-order valence-electron chi connectivity index (χ0n) is 7.26. The van der Waals surface area contributed by atoms with Gasteiger partial charge in [-0.05, 0) is 38.0 Å². The van der Waals surface area contributed by atoms with Crippen molar-refractivity contribution in [2.75, 3.05) is 0 Å². The van der Waals surface area contributed by atoms with Gasteiger partial charge in [-0.25, -0.2) is 0 Å². The Bertz CT molecular complexity index is 274. The fourth-order valence-electron chi connectivity index (χ4n) is 1.01. The number of hydrogen-bond donors (Lipinski definition) is 0. The molecular formula is C10H13N. The average Bonchev–Trinajstić information content (AvgIpc) is 1.99. The molecule has 0 saturated heterocycles. The third-order valence-corrected chi connectivity index (χ3v) is 1.84. The van der Waals surface area contributed by atoms with E-state index in [4.69, 9.17) is 0 Å². The topological polar surface area (TPSA) is 12.4 Å². The summed E-state index contributed by atoms with van der Waals surface area (Å²) in [6.07, 6.45) is 1.82. The molecule has 11 heavy (non-hydrogen) atoms. The van der Waals surface area contributed by atoms with Crippen molar-refractivity contribution in [3.05, 3.63) is 29.3 Å².